The fraction of sp³-hybridized carbons (Fsp3) is 0.286. The van der Waals surface area contributed by atoms with Crippen molar-refractivity contribution in [2.45, 2.75) is 19.9 Å². The van der Waals surface area contributed by atoms with Crippen molar-refractivity contribution in [2.24, 2.45) is 0 Å². The lowest BCUT2D eigenvalue weighted by molar-refractivity contribution is 0.690. The topological polar surface area (TPSA) is 12.0 Å². The highest BCUT2D eigenvalue weighted by Gasteiger charge is 2.14. The van der Waals surface area contributed by atoms with Crippen LogP contribution in [0, 0.1) is 13.8 Å². The van der Waals surface area contributed by atoms with Crippen LogP contribution in [0.2, 0.25) is 0 Å². The monoisotopic (exact) mass is 231 g/mol. The minimum atomic E-state index is 0.311. The van der Waals surface area contributed by atoms with Crippen LogP contribution in [-0.4, -0.2) is 7.05 Å². The molecule has 0 saturated carbocycles. The van der Waals surface area contributed by atoms with Gasteiger partial charge in [0.05, 0.1) is 6.04 Å². The van der Waals surface area contributed by atoms with Gasteiger partial charge in [-0.25, -0.2) is 0 Å². The molecule has 2 rings (SSSR count). The lowest BCUT2D eigenvalue weighted by atomic mass is 9.97. The van der Waals surface area contributed by atoms with Crippen LogP contribution >= 0.6 is 11.3 Å². The average molecular weight is 231 g/mol. The summed E-state index contributed by atoms with van der Waals surface area (Å²) in [5, 5.41) is 7.83. The minimum absolute atomic E-state index is 0.311. The Labute approximate surface area is 101 Å². The van der Waals surface area contributed by atoms with Gasteiger partial charge in [-0.05, 0) is 48.3 Å². The molecule has 0 radical (unpaired) electrons. The summed E-state index contributed by atoms with van der Waals surface area (Å²) in [7, 11) is 2.02. The van der Waals surface area contributed by atoms with Gasteiger partial charge in [-0.15, -0.1) is 0 Å². The highest BCUT2D eigenvalue weighted by molar-refractivity contribution is 7.08. The molecule has 16 heavy (non-hydrogen) atoms. The van der Waals surface area contributed by atoms with Crippen molar-refractivity contribution in [1.29, 1.82) is 0 Å². The van der Waals surface area contributed by atoms with Gasteiger partial charge in [0.25, 0.3) is 0 Å². The fourth-order valence-electron chi connectivity index (χ4n) is 2.02. The smallest absolute Gasteiger partial charge is 0.0585 e. The molecular formula is C14H17NS. The van der Waals surface area contributed by atoms with Gasteiger partial charge in [0.2, 0.25) is 0 Å². The second kappa shape index (κ2) is 4.81. The third-order valence-electron chi connectivity index (χ3n) is 2.87. The van der Waals surface area contributed by atoms with E-state index in [1.165, 1.54) is 22.3 Å². The Balaban J connectivity index is 2.40. The Kier molecular flexibility index (Phi) is 3.42. The van der Waals surface area contributed by atoms with Gasteiger partial charge < -0.3 is 5.32 Å². The third kappa shape index (κ3) is 2.18. The third-order valence-corrected chi connectivity index (χ3v) is 3.75. The van der Waals surface area contributed by atoms with Crippen LogP contribution in [0.1, 0.15) is 28.3 Å². The molecule has 2 aromatic rings. The van der Waals surface area contributed by atoms with Crippen LogP contribution < -0.4 is 5.32 Å². The van der Waals surface area contributed by atoms with Crippen LogP contribution in [-0.2, 0) is 0 Å². The molecule has 1 heterocycles. The standard InChI is InChI=1S/C14H17NS/c1-10-5-4-6-12(7-10)14(15-3)13-9-16-8-11(13)2/h4-9,14-15H,1-3H3. The molecular weight excluding hydrogens is 214 g/mol. The van der Waals surface area contributed by atoms with Crippen LogP contribution in [0.15, 0.2) is 35.0 Å². The zero-order chi connectivity index (χ0) is 11.5. The van der Waals surface area contributed by atoms with Gasteiger partial charge in [-0.3, -0.25) is 0 Å². The van der Waals surface area contributed by atoms with E-state index >= 15 is 0 Å². The molecule has 0 spiro atoms. The van der Waals surface area contributed by atoms with Crippen molar-refractivity contribution >= 4 is 11.3 Å². The predicted molar refractivity (Wildman–Crippen MR) is 71.1 cm³/mol. The molecule has 84 valence electrons. The van der Waals surface area contributed by atoms with Gasteiger partial charge in [-0.2, -0.15) is 11.3 Å². The molecule has 1 atom stereocenters. The van der Waals surface area contributed by atoms with Crippen LogP contribution in [0.4, 0.5) is 0 Å². The molecule has 0 fully saturated rings. The first-order valence-corrected chi connectivity index (χ1v) is 6.43. The van der Waals surface area contributed by atoms with Gasteiger partial charge in [0.15, 0.2) is 0 Å². The van der Waals surface area contributed by atoms with Gasteiger partial charge >= 0.3 is 0 Å². The Morgan fingerprint density at radius 1 is 1.19 bits per heavy atom. The lowest BCUT2D eigenvalue weighted by Crippen LogP contribution is -2.17. The number of rotatable bonds is 3. The first kappa shape index (κ1) is 11.4. The van der Waals surface area contributed by atoms with E-state index in [2.05, 4.69) is 54.2 Å². The number of nitrogens with one attached hydrogen (secondary N) is 1. The van der Waals surface area contributed by atoms with E-state index < -0.39 is 0 Å². The van der Waals surface area contributed by atoms with E-state index in [0.29, 0.717) is 6.04 Å². The molecule has 1 aromatic carbocycles. The highest BCUT2D eigenvalue weighted by Crippen LogP contribution is 2.27. The maximum absolute atomic E-state index is 3.40. The molecule has 0 amide bonds. The Morgan fingerprint density at radius 2 is 2.00 bits per heavy atom. The van der Waals surface area contributed by atoms with Crippen molar-refractivity contribution in [1.82, 2.24) is 5.32 Å². The number of hydrogen-bond acceptors (Lipinski definition) is 2. The number of hydrogen-bond donors (Lipinski definition) is 1. The Hall–Kier alpha value is -1.12. The van der Waals surface area contributed by atoms with Crippen LogP contribution in [0.25, 0.3) is 0 Å². The molecule has 1 nitrogen and oxygen atoms in total. The highest BCUT2D eigenvalue weighted by atomic mass is 32.1. The van der Waals surface area contributed by atoms with Crippen molar-refractivity contribution in [3.8, 4) is 0 Å². The molecule has 0 aliphatic rings. The normalized spacial score (nSPS) is 12.7. The second-order valence-corrected chi connectivity index (χ2v) is 4.89. The number of benzene rings is 1. The predicted octanol–water partition coefficient (Wildman–Crippen LogP) is 3.67. The summed E-state index contributed by atoms with van der Waals surface area (Å²) in [5.41, 5.74) is 5.40. The molecule has 0 aliphatic heterocycles. The van der Waals surface area contributed by atoms with Crippen molar-refractivity contribution in [3.63, 3.8) is 0 Å². The first-order chi connectivity index (χ1) is 7.72. The molecule has 0 bridgehead atoms. The van der Waals surface area contributed by atoms with E-state index in [1.54, 1.807) is 11.3 Å². The largest absolute Gasteiger partial charge is 0.309 e. The maximum Gasteiger partial charge on any atom is 0.0585 e. The van der Waals surface area contributed by atoms with E-state index in [-0.39, 0.29) is 0 Å². The number of thiophene rings is 1. The molecule has 0 saturated heterocycles. The van der Waals surface area contributed by atoms with E-state index in [4.69, 9.17) is 0 Å². The summed E-state index contributed by atoms with van der Waals surface area (Å²) in [6, 6.07) is 9.00. The zero-order valence-corrected chi connectivity index (χ0v) is 10.8. The number of aryl methyl sites for hydroxylation is 2. The summed E-state index contributed by atoms with van der Waals surface area (Å²) in [5.74, 6) is 0. The fourth-order valence-corrected chi connectivity index (χ4v) is 2.89. The molecule has 1 N–H and O–H groups in total. The summed E-state index contributed by atoms with van der Waals surface area (Å²) in [4.78, 5) is 0. The van der Waals surface area contributed by atoms with E-state index in [0.717, 1.165) is 0 Å². The second-order valence-electron chi connectivity index (χ2n) is 4.15. The molecule has 1 unspecified atom stereocenters. The van der Waals surface area contributed by atoms with Gasteiger partial charge in [0.1, 0.15) is 0 Å². The summed E-state index contributed by atoms with van der Waals surface area (Å²) < 4.78 is 0. The van der Waals surface area contributed by atoms with Gasteiger partial charge in [-0.1, -0.05) is 29.8 Å². The molecule has 0 aliphatic carbocycles. The summed E-state index contributed by atoms with van der Waals surface area (Å²) >= 11 is 1.77. The van der Waals surface area contributed by atoms with Gasteiger partial charge in [0, 0.05) is 0 Å². The summed E-state index contributed by atoms with van der Waals surface area (Å²) in [6.07, 6.45) is 0. The van der Waals surface area contributed by atoms with E-state index in [9.17, 15) is 0 Å². The van der Waals surface area contributed by atoms with Crippen LogP contribution in [0.3, 0.4) is 0 Å². The minimum Gasteiger partial charge on any atom is -0.309 e. The van der Waals surface area contributed by atoms with Crippen molar-refractivity contribution in [2.75, 3.05) is 7.05 Å². The maximum atomic E-state index is 3.40. The van der Waals surface area contributed by atoms with Crippen molar-refractivity contribution < 1.29 is 0 Å². The average Bonchev–Trinajstić information content (AvgIpc) is 2.67. The van der Waals surface area contributed by atoms with Crippen LogP contribution in [0.5, 0.6) is 0 Å². The zero-order valence-electron chi connectivity index (χ0n) is 9.95. The Bertz CT molecular complexity index is 473. The Morgan fingerprint density at radius 3 is 2.56 bits per heavy atom. The molecule has 2 heteroatoms. The van der Waals surface area contributed by atoms with Crippen molar-refractivity contribution in [3.05, 3.63) is 57.3 Å². The molecule has 1 aromatic heterocycles. The quantitative estimate of drug-likeness (QED) is 0.850. The summed E-state index contributed by atoms with van der Waals surface area (Å²) in [6.45, 7) is 4.31. The lowest BCUT2D eigenvalue weighted by Gasteiger charge is -2.17. The first-order valence-electron chi connectivity index (χ1n) is 5.49. The van der Waals surface area contributed by atoms with E-state index in [1.807, 2.05) is 7.05 Å². The SMILES string of the molecule is CNC(c1cccc(C)c1)c1cscc1C.